The number of hydrogen-bond acceptors (Lipinski definition) is 2. The molecule has 3 heteroatoms. The third kappa shape index (κ3) is 4.35. The number of benzene rings is 2. The van der Waals surface area contributed by atoms with Crippen LogP contribution in [-0.4, -0.2) is 11.1 Å². The van der Waals surface area contributed by atoms with E-state index in [0.717, 1.165) is 17.5 Å². The molecule has 110 valence electrons. The molecule has 0 aromatic heterocycles. The van der Waals surface area contributed by atoms with Gasteiger partial charge in [0.05, 0.1) is 5.56 Å². The van der Waals surface area contributed by atoms with Crippen molar-refractivity contribution < 1.29 is 14.6 Å². The first-order valence-corrected chi connectivity index (χ1v) is 7.09. The highest BCUT2D eigenvalue weighted by Gasteiger charge is 2.12. The molecule has 0 atom stereocenters. The molecule has 0 aliphatic heterocycles. The molecule has 0 saturated heterocycles. The van der Waals surface area contributed by atoms with Crippen molar-refractivity contribution in [2.75, 3.05) is 0 Å². The molecule has 21 heavy (non-hydrogen) atoms. The lowest BCUT2D eigenvalue weighted by atomic mass is 9.98. The predicted octanol–water partition coefficient (Wildman–Crippen LogP) is 4.16. The largest absolute Gasteiger partial charge is 0.489 e. The Bertz CT molecular complexity index is 603. The maximum Gasteiger partial charge on any atom is 0.336 e. The van der Waals surface area contributed by atoms with E-state index in [1.165, 1.54) is 0 Å². The topological polar surface area (TPSA) is 46.5 Å². The number of carbonyl (C=O) groups is 1. The van der Waals surface area contributed by atoms with Crippen LogP contribution in [0, 0.1) is 5.92 Å². The minimum absolute atomic E-state index is 0.328. The molecule has 1 N–H and O–H groups in total. The maximum atomic E-state index is 11.4. The predicted molar refractivity (Wildman–Crippen MR) is 82.7 cm³/mol. The van der Waals surface area contributed by atoms with Gasteiger partial charge >= 0.3 is 5.97 Å². The van der Waals surface area contributed by atoms with Gasteiger partial charge in [-0.2, -0.15) is 0 Å². The zero-order valence-electron chi connectivity index (χ0n) is 12.4. The highest BCUT2D eigenvalue weighted by atomic mass is 16.5. The average molecular weight is 284 g/mol. The Kier molecular flexibility index (Phi) is 4.99. The average Bonchev–Trinajstić information content (AvgIpc) is 2.46. The van der Waals surface area contributed by atoms with E-state index in [4.69, 9.17) is 4.74 Å². The fourth-order valence-electron chi connectivity index (χ4n) is 2.20. The van der Waals surface area contributed by atoms with Crippen molar-refractivity contribution in [3.05, 3.63) is 65.2 Å². The molecule has 0 amide bonds. The van der Waals surface area contributed by atoms with Crippen molar-refractivity contribution in [2.24, 2.45) is 5.92 Å². The van der Waals surface area contributed by atoms with E-state index in [1.807, 2.05) is 42.5 Å². The van der Waals surface area contributed by atoms with E-state index < -0.39 is 5.97 Å². The Labute approximate surface area is 125 Å². The fraction of sp³-hybridized carbons (Fsp3) is 0.278. The molecule has 3 nitrogen and oxygen atoms in total. The summed E-state index contributed by atoms with van der Waals surface area (Å²) in [5.74, 6) is 0.0961. The van der Waals surface area contributed by atoms with Gasteiger partial charge in [0.15, 0.2) is 0 Å². The van der Waals surface area contributed by atoms with Crippen LogP contribution < -0.4 is 4.74 Å². The zero-order chi connectivity index (χ0) is 15.2. The number of aromatic carboxylic acids is 1. The van der Waals surface area contributed by atoms with E-state index in [-0.39, 0.29) is 0 Å². The van der Waals surface area contributed by atoms with Crippen LogP contribution in [0.1, 0.15) is 35.3 Å². The van der Waals surface area contributed by atoms with Crippen LogP contribution in [0.25, 0.3) is 0 Å². The van der Waals surface area contributed by atoms with Gasteiger partial charge in [-0.1, -0.05) is 50.2 Å². The summed E-state index contributed by atoms with van der Waals surface area (Å²) in [5, 5.41) is 9.33. The molecule has 0 saturated carbocycles. The van der Waals surface area contributed by atoms with Crippen LogP contribution in [0.2, 0.25) is 0 Å². The van der Waals surface area contributed by atoms with E-state index in [1.54, 1.807) is 6.07 Å². The second kappa shape index (κ2) is 6.93. The molecule has 2 rings (SSSR count). The van der Waals surface area contributed by atoms with Gasteiger partial charge in [-0.15, -0.1) is 0 Å². The Morgan fingerprint density at radius 2 is 1.86 bits per heavy atom. The molecule has 2 aromatic carbocycles. The normalized spacial score (nSPS) is 10.6. The second-order valence-electron chi connectivity index (χ2n) is 5.50. The minimum atomic E-state index is -0.907. The molecule has 0 bridgehead atoms. The van der Waals surface area contributed by atoms with Crippen molar-refractivity contribution in [1.29, 1.82) is 0 Å². The highest BCUT2D eigenvalue weighted by Crippen LogP contribution is 2.21. The summed E-state index contributed by atoms with van der Waals surface area (Å²) in [6, 6.07) is 15.1. The van der Waals surface area contributed by atoms with Crippen LogP contribution in [0.4, 0.5) is 0 Å². The van der Waals surface area contributed by atoms with Gasteiger partial charge in [0.1, 0.15) is 12.4 Å². The molecule has 0 fully saturated rings. The number of carboxylic acid groups (broad SMARTS) is 1. The van der Waals surface area contributed by atoms with Crippen molar-refractivity contribution in [3.63, 3.8) is 0 Å². The van der Waals surface area contributed by atoms with Gasteiger partial charge in [-0.25, -0.2) is 4.79 Å². The smallest absolute Gasteiger partial charge is 0.336 e. The lowest BCUT2D eigenvalue weighted by Crippen LogP contribution is -2.06. The van der Waals surface area contributed by atoms with Gasteiger partial charge in [0, 0.05) is 0 Å². The van der Waals surface area contributed by atoms with E-state index in [2.05, 4.69) is 13.8 Å². The van der Waals surface area contributed by atoms with E-state index in [0.29, 0.717) is 23.8 Å². The molecule has 0 heterocycles. The highest BCUT2D eigenvalue weighted by molar-refractivity contribution is 5.90. The van der Waals surface area contributed by atoms with Gasteiger partial charge in [-0.05, 0) is 35.6 Å². The Balaban J connectivity index is 2.14. The first-order chi connectivity index (χ1) is 10.1. The van der Waals surface area contributed by atoms with Crippen molar-refractivity contribution >= 4 is 5.97 Å². The van der Waals surface area contributed by atoms with Gasteiger partial charge < -0.3 is 9.84 Å². The molecule has 2 aromatic rings. The quantitative estimate of drug-likeness (QED) is 0.866. The zero-order valence-corrected chi connectivity index (χ0v) is 12.4. The molecule has 0 aliphatic rings. The van der Waals surface area contributed by atoms with Crippen LogP contribution in [-0.2, 0) is 13.0 Å². The summed E-state index contributed by atoms with van der Waals surface area (Å²) in [6.07, 6.45) is 0.751. The lowest BCUT2D eigenvalue weighted by Gasteiger charge is -2.12. The third-order valence-corrected chi connectivity index (χ3v) is 3.19. The van der Waals surface area contributed by atoms with Gasteiger partial charge in [0.2, 0.25) is 0 Å². The summed E-state index contributed by atoms with van der Waals surface area (Å²) >= 11 is 0. The van der Waals surface area contributed by atoms with Crippen molar-refractivity contribution in [3.8, 4) is 5.75 Å². The van der Waals surface area contributed by atoms with Crippen molar-refractivity contribution in [1.82, 2.24) is 0 Å². The number of hydrogen-bond donors (Lipinski definition) is 1. The summed E-state index contributed by atoms with van der Waals surface area (Å²) in [4.78, 5) is 11.4. The van der Waals surface area contributed by atoms with Gasteiger partial charge in [-0.3, -0.25) is 0 Å². The van der Waals surface area contributed by atoms with Crippen LogP contribution >= 0.6 is 0 Å². The van der Waals surface area contributed by atoms with E-state index >= 15 is 0 Å². The summed E-state index contributed by atoms with van der Waals surface area (Å²) in [7, 11) is 0. The second-order valence-corrected chi connectivity index (χ2v) is 5.50. The van der Waals surface area contributed by atoms with E-state index in [9.17, 15) is 9.90 Å². The fourth-order valence-corrected chi connectivity index (χ4v) is 2.20. The number of ether oxygens (including phenoxy) is 1. The molecule has 0 aliphatic carbocycles. The molecule has 0 radical (unpaired) electrons. The molecule has 0 unspecified atom stereocenters. The summed E-state index contributed by atoms with van der Waals surface area (Å²) in [5.41, 5.74) is 2.24. The van der Waals surface area contributed by atoms with Gasteiger partial charge in [0.25, 0.3) is 0 Å². The van der Waals surface area contributed by atoms with Crippen molar-refractivity contribution in [2.45, 2.75) is 26.9 Å². The summed E-state index contributed by atoms with van der Waals surface area (Å²) < 4.78 is 5.68. The minimum Gasteiger partial charge on any atom is -0.489 e. The monoisotopic (exact) mass is 284 g/mol. The molecule has 0 spiro atoms. The Morgan fingerprint density at radius 1 is 1.14 bits per heavy atom. The lowest BCUT2D eigenvalue weighted by molar-refractivity contribution is 0.0695. The Hall–Kier alpha value is -2.29. The first kappa shape index (κ1) is 15.1. The first-order valence-electron chi connectivity index (χ1n) is 7.09. The van der Waals surface area contributed by atoms with Crippen LogP contribution in [0.3, 0.4) is 0 Å². The van der Waals surface area contributed by atoms with Crippen LogP contribution in [0.15, 0.2) is 48.5 Å². The SMILES string of the molecule is CC(C)Cc1ccc(OCc2ccccc2)cc1C(=O)O. The number of carboxylic acids is 1. The number of rotatable bonds is 6. The molecular formula is C18H20O3. The Morgan fingerprint density at radius 3 is 2.48 bits per heavy atom. The van der Waals surface area contributed by atoms with Crippen LogP contribution in [0.5, 0.6) is 5.75 Å². The maximum absolute atomic E-state index is 11.4. The summed E-state index contributed by atoms with van der Waals surface area (Å²) in [6.45, 7) is 4.58. The standard InChI is InChI=1S/C18H20O3/c1-13(2)10-15-8-9-16(11-17(15)18(19)20)21-12-14-6-4-3-5-7-14/h3-9,11,13H,10,12H2,1-2H3,(H,19,20). The molecular weight excluding hydrogens is 264 g/mol. The third-order valence-electron chi connectivity index (χ3n) is 3.19.